The highest BCUT2D eigenvalue weighted by molar-refractivity contribution is 7.80. The summed E-state index contributed by atoms with van der Waals surface area (Å²) in [5, 5.41) is 15.3. The summed E-state index contributed by atoms with van der Waals surface area (Å²) in [5.74, 6) is 1.42. The van der Waals surface area contributed by atoms with E-state index in [9.17, 15) is 0 Å². The van der Waals surface area contributed by atoms with Crippen molar-refractivity contribution in [1.82, 2.24) is 0 Å². The zero-order chi connectivity index (χ0) is 14.7. The Bertz CT molecular complexity index is 723. The molecule has 1 heterocycles. The average molecular weight is 297 g/mol. The summed E-state index contributed by atoms with van der Waals surface area (Å²) in [6, 6.07) is 14.6. The molecule has 0 amide bonds. The number of hydrogen-bond donors (Lipinski definition) is 2. The maximum Gasteiger partial charge on any atom is 0.231 e. The molecule has 5 nitrogen and oxygen atoms in total. The van der Waals surface area contributed by atoms with Gasteiger partial charge in [-0.3, -0.25) is 0 Å². The molecule has 2 N–H and O–H groups in total. The number of rotatable bonds is 2. The van der Waals surface area contributed by atoms with Gasteiger partial charge in [0.1, 0.15) is 0 Å². The first-order chi connectivity index (χ1) is 10.2. The molecule has 1 aliphatic rings. The molecule has 21 heavy (non-hydrogen) atoms. The Morgan fingerprint density at radius 3 is 2.43 bits per heavy atom. The molecule has 0 aliphatic carbocycles. The summed E-state index contributed by atoms with van der Waals surface area (Å²) in [7, 11) is 0. The molecule has 0 saturated heterocycles. The molecular formula is C15H11N3O2S. The van der Waals surface area contributed by atoms with Gasteiger partial charge in [-0.25, -0.2) is 0 Å². The molecule has 0 unspecified atom stereocenters. The maximum absolute atomic E-state index is 8.75. The van der Waals surface area contributed by atoms with Gasteiger partial charge in [-0.2, -0.15) is 5.26 Å². The van der Waals surface area contributed by atoms with E-state index < -0.39 is 0 Å². The minimum absolute atomic E-state index is 0.243. The van der Waals surface area contributed by atoms with E-state index in [0.29, 0.717) is 16.4 Å². The quantitative estimate of drug-likeness (QED) is 0.830. The summed E-state index contributed by atoms with van der Waals surface area (Å²) in [6.45, 7) is 0.243. The van der Waals surface area contributed by atoms with Crippen molar-refractivity contribution in [3.8, 4) is 17.6 Å². The fourth-order valence-electron chi connectivity index (χ4n) is 1.90. The summed E-state index contributed by atoms with van der Waals surface area (Å²) in [4.78, 5) is 0. The van der Waals surface area contributed by atoms with Gasteiger partial charge in [0.05, 0.1) is 11.6 Å². The molecule has 104 valence electrons. The van der Waals surface area contributed by atoms with Crippen LogP contribution in [0.2, 0.25) is 0 Å². The Labute approximate surface area is 127 Å². The predicted octanol–water partition coefficient (Wildman–Crippen LogP) is 3.10. The largest absolute Gasteiger partial charge is 0.454 e. The summed E-state index contributed by atoms with van der Waals surface area (Å²) < 4.78 is 10.6. The Morgan fingerprint density at radius 1 is 1.00 bits per heavy atom. The van der Waals surface area contributed by atoms with E-state index in [-0.39, 0.29) is 6.79 Å². The summed E-state index contributed by atoms with van der Waals surface area (Å²) in [6.07, 6.45) is 0. The molecule has 2 aromatic carbocycles. The molecule has 0 aromatic heterocycles. The highest BCUT2D eigenvalue weighted by Gasteiger charge is 2.13. The molecule has 0 fully saturated rings. The standard InChI is InChI=1S/C15H11N3O2S/c16-8-10-1-3-11(4-2-10)17-15(21)18-12-5-6-13-14(7-12)20-9-19-13/h1-7H,9H2,(H2,17,18,21). The summed E-state index contributed by atoms with van der Waals surface area (Å²) >= 11 is 5.25. The van der Waals surface area contributed by atoms with Gasteiger partial charge >= 0.3 is 0 Å². The van der Waals surface area contributed by atoms with Gasteiger partial charge in [0.15, 0.2) is 16.6 Å². The van der Waals surface area contributed by atoms with Crippen molar-refractivity contribution in [2.45, 2.75) is 0 Å². The Balaban J connectivity index is 1.64. The zero-order valence-corrected chi connectivity index (χ0v) is 11.7. The van der Waals surface area contributed by atoms with Crippen LogP contribution in [0.1, 0.15) is 5.56 Å². The average Bonchev–Trinajstić information content (AvgIpc) is 2.95. The van der Waals surface area contributed by atoms with Gasteiger partial charge in [-0.15, -0.1) is 0 Å². The van der Waals surface area contributed by atoms with E-state index in [1.165, 1.54) is 0 Å². The van der Waals surface area contributed by atoms with E-state index >= 15 is 0 Å². The molecule has 1 aliphatic heterocycles. The number of nitrogens with zero attached hydrogens (tertiary/aromatic N) is 1. The number of hydrogen-bond acceptors (Lipinski definition) is 4. The number of nitrogens with one attached hydrogen (secondary N) is 2. The first-order valence-electron chi connectivity index (χ1n) is 6.22. The second kappa shape index (κ2) is 5.69. The van der Waals surface area contributed by atoms with Gasteiger partial charge < -0.3 is 20.1 Å². The Hall–Kier alpha value is -2.78. The highest BCUT2D eigenvalue weighted by Crippen LogP contribution is 2.34. The molecule has 0 atom stereocenters. The molecule has 0 saturated carbocycles. The third-order valence-electron chi connectivity index (χ3n) is 2.90. The van der Waals surface area contributed by atoms with Crippen LogP contribution in [0.5, 0.6) is 11.5 Å². The minimum atomic E-state index is 0.243. The summed E-state index contributed by atoms with van der Waals surface area (Å²) in [5.41, 5.74) is 2.23. The maximum atomic E-state index is 8.75. The van der Waals surface area contributed by atoms with Gasteiger partial charge in [0, 0.05) is 17.4 Å². The Kier molecular flexibility index (Phi) is 3.58. The van der Waals surface area contributed by atoms with Crippen molar-refractivity contribution in [2.24, 2.45) is 0 Å². The van der Waals surface area contributed by atoms with Crippen LogP contribution < -0.4 is 20.1 Å². The molecule has 3 rings (SSSR count). The third-order valence-corrected chi connectivity index (χ3v) is 3.11. The third kappa shape index (κ3) is 3.04. The van der Waals surface area contributed by atoms with Gasteiger partial charge in [-0.05, 0) is 48.6 Å². The first-order valence-corrected chi connectivity index (χ1v) is 6.63. The van der Waals surface area contributed by atoms with Crippen LogP contribution in [0.4, 0.5) is 11.4 Å². The van der Waals surface area contributed by atoms with Gasteiger partial charge in [-0.1, -0.05) is 0 Å². The van der Waals surface area contributed by atoms with E-state index in [4.69, 9.17) is 27.0 Å². The Morgan fingerprint density at radius 2 is 1.67 bits per heavy atom. The number of fused-ring (bicyclic) bond motifs is 1. The second-order valence-electron chi connectivity index (χ2n) is 4.34. The first kappa shape index (κ1) is 13.2. The van der Waals surface area contributed by atoms with E-state index in [1.54, 1.807) is 24.3 Å². The van der Waals surface area contributed by atoms with Crippen molar-refractivity contribution in [3.05, 3.63) is 48.0 Å². The lowest BCUT2D eigenvalue weighted by molar-refractivity contribution is 0.174. The van der Waals surface area contributed by atoms with Crippen LogP contribution in [-0.2, 0) is 0 Å². The van der Waals surface area contributed by atoms with Crippen LogP contribution in [0.15, 0.2) is 42.5 Å². The van der Waals surface area contributed by atoms with E-state index in [2.05, 4.69) is 16.7 Å². The van der Waals surface area contributed by atoms with E-state index in [0.717, 1.165) is 17.1 Å². The molecule has 0 spiro atoms. The molecule has 2 aromatic rings. The minimum Gasteiger partial charge on any atom is -0.454 e. The predicted molar refractivity (Wildman–Crippen MR) is 83.6 cm³/mol. The molecule has 6 heteroatoms. The molecule has 0 bridgehead atoms. The van der Waals surface area contributed by atoms with Crippen molar-refractivity contribution < 1.29 is 9.47 Å². The lowest BCUT2D eigenvalue weighted by atomic mass is 10.2. The van der Waals surface area contributed by atoms with Crippen molar-refractivity contribution in [3.63, 3.8) is 0 Å². The fourth-order valence-corrected chi connectivity index (χ4v) is 2.13. The molecule has 0 radical (unpaired) electrons. The van der Waals surface area contributed by atoms with Crippen LogP contribution in [0.3, 0.4) is 0 Å². The number of anilines is 2. The normalized spacial score (nSPS) is 11.6. The number of nitriles is 1. The van der Waals surface area contributed by atoms with Crippen LogP contribution in [0.25, 0.3) is 0 Å². The number of benzene rings is 2. The van der Waals surface area contributed by atoms with Crippen molar-refractivity contribution in [2.75, 3.05) is 17.4 Å². The van der Waals surface area contributed by atoms with Gasteiger partial charge in [0.25, 0.3) is 0 Å². The SMILES string of the molecule is N#Cc1ccc(NC(=S)Nc2ccc3c(c2)OCO3)cc1. The van der Waals surface area contributed by atoms with Crippen molar-refractivity contribution in [1.29, 1.82) is 5.26 Å². The lowest BCUT2D eigenvalue weighted by Crippen LogP contribution is -2.18. The fraction of sp³-hybridized carbons (Fsp3) is 0.0667. The number of thiocarbonyl (C=S) groups is 1. The second-order valence-corrected chi connectivity index (χ2v) is 4.74. The van der Waals surface area contributed by atoms with Crippen LogP contribution in [-0.4, -0.2) is 11.9 Å². The lowest BCUT2D eigenvalue weighted by Gasteiger charge is -2.11. The highest BCUT2D eigenvalue weighted by atomic mass is 32.1. The van der Waals surface area contributed by atoms with Crippen molar-refractivity contribution >= 4 is 28.7 Å². The zero-order valence-electron chi connectivity index (χ0n) is 10.9. The van der Waals surface area contributed by atoms with Gasteiger partial charge in [0.2, 0.25) is 6.79 Å². The number of ether oxygens (including phenoxy) is 2. The van der Waals surface area contributed by atoms with E-state index in [1.807, 2.05) is 18.2 Å². The van der Waals surface area contributed by atoms with Crippen LogP contribution in [0, 0.1) is 11.3 Å². The molecular weight excluding hydrogens is 286 g/mol. The topological polar surface area (TPSA) is 66.3 Å². The monoisotopic (exact) mass is 297 g/mol. The smallest absolute Gasteiger partial charge is 0.231 e. The van der Waals surface area contributed by atoms with Crippen LogP contribution >= 0.6 is 12.2 Å².